The van der Waals surface area contributed by atoms with Crippen LogP contribution in [0.2, 0.25) is 0 Å². The molecule has 2 aromatic rings. The Hall–Kier alpha value is -2.99. The minimum Gasteiger partial charge on any atom is -0.461 e. The van der Waals surface area contributed by atoms with Crippen molar-refractivity contribution in [2.75, 3.05) is 0 Å². The van der Waals surface area contributed by atoms with Crippen LogP contribution in [0.1, 0.15) is 38.8 Å². The van der Waals surface area contributed by atoms with Crippen molar-refractivity contribution < 1.29 is 24.0 Å². The van der Waals surface area contributed by atoms with Crippen molar-refractivity contribution in [3.05, 3.63) is 70.8 Å². The zero-order valence-electron chi connectivity index (χ0n) is 13.0. The number of hydroxylamine groups is 2. The van der Waals surface area contributed by atoms with Crippen molar-refractivity contribution in [2.45, 2.75) is 20.1 Å². The second kappa shape index (κ2) is 6.64. The van der Waals surface area contributed by atoms with Gasteiger partial charge in [-0.15, -0.1) is 5.06 Å². The fraction of sp³-hybridized carbons (Fsp3) is 0.167. The van der Waals surface area contributed by atoms with Crippen LogP contribution in [0, 0.1) is 0 Å². The van der Waals surface area contributed by atoms with Crippen molar-refractivity contribution in [3.63, 3.8) is 0 Å². The Bertz CT molecular complexity index is 762. The van der Waals surface area contributed by atoms with Gasteiger partial charge in [0.15, 0.2) is 0 Å². The number of carbonyl (C=O) groups excluding carboxylic acids is 3. The zero-order chi connectivity index (χ0) is 17.1. The first-order chi connectivity index (χ1) is 11.6. The molecule has 2 amide bonds. The number of ether oxygens (including phenoxy) is 1. The molecule has 0 N–H and O–H groups in total. The molecule has 0 aliphatic carbocycles. The molecule has 122 valence electrons. The van der Waals surface area contributed by atoms with E-state index in [2.05, 4.69) is 0 Å². The fourth-order valence-corrected chi connectivity index (χ4v) is 2.34. The summed E-state index contributed by atoms with van der Waals surface area (Å²) in [4.78, 5) is 40.5. The van der Waals surface area contributed by atoms with E-state index < -0.39 is 11.8 Å². The van der Waals surface area contributed by atoms with Crippen LogP contribution in [0.4, 0.5) is 0 Å². The highest BCUT2D eigenvalue weighted by atomic mass is 16.7. The first-order valence-electron chi connectivity index (χ1n) is 7.38. The summed E-state index contributed by atoms with van der Waals surface area (Å²) in [6.07, 6.45) is 0. The van der Waals surface area contributed by atoms with Crippen LogP contribution in [0.5, 0.6) is 0 Å². The summed E-state index contributed by atoms with van der Waals surface area (Å²) in [6.45, 7) is 1.64. The van der Waals surface area contributed by atoms with E-state index in [1.807, 2.05) is 0 Å². The molecule has 1 aliphatic heterocycles. The van der Waals surface area contributed by atoms with Gasteiger partial charge in [-0.2, -0.15) is 0 Å². The van der Waals surface area contributed by atoms with E-state index in [1.54, 1.807) is 48.5 Å². The summed E-state index contributed by atoms with van der Waals surface area (Å²) in [5.74, 6) is -1.25. The molecule has 0 spiro atoms. The van der Waals surface area contributed by atoms with Crippen LogP contribution in [-0.2, 0) is 27.6 Å². The van der Waals surface area contributed by atoms with Crippen molar-refractivity contribution in [2.24, 2.45) is 0 Å². The highest BCUT2D eigenvalue weighted by molar-refractivity contribution is 6.20. The number of carbonyl (C=O) groups is 3. The number of imide groups is 1. The summed E-state index contributed by atoms with van der Waals surface area (Å²) in [6, 6.07) is 13.8. The Morgan fingerprint density at radius 1 is 0.875 bits per heavy atom. The molecule has 0 unspecified atom stereocenters. The lowest BCUT2D eigenvalue weighted by Gasteiger charge is -2.13. The Kier molecular flexibility index (Phi) is 4.39. The van der Waals surface area contributed by atoms with Crippen LogP contribution < -0.4 is 0 Å². The maximum absolute atomic E-state index is 12.2. The molecule has 0 aromatic heterocycles. The third kappa shape index (κ3) is 3.18. The molecule has 0 bridgehead atoms. The van der Waals surface area contributed by atoms with Crippen molar-refractivity contribution in [3.8, 4) is 0 Å². The lowest BCUT2D eigenvalue weighted by Crippen LogP contribution is -2.29. The smallest absolute Gasteiger partial charge is 0.302 e. The van der Waals surface area contributed by atoms with Crippen molar-refractivity contribution in [1.29, 1.82) is 0 Å². The highest BCUT2D eigenvalue weighted by Gasteiger charge is 2.36. The summed E-state index contributed by atoms with van der Waals surface area (Å²) in [7, 11) is 0. The molecule has 0 atom stereocenters. The van der Waals surface area contributed by atoms with E-state index in [-0.39, 0.29) is 19.2 Å². The minimum absolute atomic E-state index is 0.0827. The molecule has 0 fully saturated rings. The number of amides is 2. The number of nitrogens with zero attached hydrogens (tertiary/aromatic N) is 1. The number of fused-ring (bicyclic) bond motifs is 1. The largest absolute Gasteiger partial charge is 0.461 e. The van der Waals surface area contributed by atoms with Crippen molar-refractivity contribution >= 4 is 17.8 Å². The summed E-state index contributed by atoms with van der Waals surface area (Å²) >= 11 is 0. The Morgan fingerprint density at radius 3 is 1.88 bits per heavy atom. The first-order valence-corrected chi connectivity index (χ1v) is 7.38. The minimum atomic E-state index is -0.456. The number of benzene rings is 2. The Balaban J connectivity index is 1.61. The zero-order valence-corrected chi connectivity index (χ0v) is 13.0. The maximum Gasteiger partial charge on any atom is 0.302 e. The van der Waals surface area contributed by atoms with Crippen LogP contribution in [0.15, 0.2) is 48.5 Å². The molecule has 6 nitrogen and oxygen atoms in total. The molecule has 0 saturated carbocycles. The molecule has 1 aliphatic rings. The number of rotatable bonds is 5. The predicted octanol–water partition coefficient (Wildman–Crippen LogP) is 2.48. The van der Waals surface area contributed by atoms with Gasteiger partial charge in [0.2, 0.25) is 0 Å². The second-order valence-corrected chi connectivity index (χ2v) is 5.32. The first kappa shape index (κ1) is 15.9. The molecule has 24 heavy (non-hydrogen) atoms. The molecule has 0 saturated heterocycles. The molecule has 2 aromatic carbocycles. The van der Waals surface area contributed by atoms with E-state index in [1.165, 1.54) is 6.92 Å². The molecule has 3 rings (SSSR count). The van der Waals surface area contributed by atoms with Gasteiger partial charge in [-0.3, -0.25) is 19.2 Å². The number of esters is 1. The van der Waals surface area contributed by atoms with Gasteiger partial charge in [0.05, 0.1) is 11.1 Å². The standard InChI is InChI=1S/C18H15NO5/c1-12(20)23-10-13-6-8-14(9-7-13)11-24-19-17(21)15-4-2-3-5-16(15)18(19)22/h2-9H,10-11H2,1H3. The van der Waals surface area contributed by atoms with Crippen molar-refractivity contribution in [1.82, 2.24) is 5.06 Å². The van der Waals surface area contributed by atoms with Gasteiger partial charge in [0, 0.05) is 6.92 Å². The molecular weight excluding hydrogens is 310 g/mol. The number of hydrogen-bond acceptors (Lipinski definition) is 5. The van der Waals surface area contributed by atoms with Gasteiger partial charge in [-0.05, 0) is 23.3 Å². The average molecular weight is 325 g/mol. The van der Waals surface area contributed by atoms with Gasteiger partial charge < -0.3 is 4.74 Å². The van der Waals surface area contributed by atoms with Gasteiger partial charge >= 0.3 is 5.97 Å². The van der Waals surface area contributed by atoms with Crippen LogP contribution in [-0.4, -0.2) is 22.8 Å². The summed E-state index contributed by atoms with van der Waals surface area (Å²) < 4.78 is 4.91. The Morgan fingerprint density at radius 2 is 1.38 bits per heavy atom. The molecule has 1 heterocycles. The van der Waals surface area contributed by atoms with E-state index in [0.717, 1.165) is 16.2 Å². The second-order valence-electron chi connectivity index (χ2n) is 5.32. The highest BCUT2D eigenvalue weighted by Crippen LogP contribution is 2.23. The quantitative estimate of drug-likeness (QED) is 0.624. The SMILES string of the molecule is CC(=O)OCc1ccc(CON2C(=O)c3ccccc3C2=O)cc1. The lowest BCUT2D eigenvalue weighted by molar-refractivity contribution is -0.142. The maximum atomic E-state index is 12.2. The molecule has 6 heteroatoms. The van der Waals surface area contributed by atoms with Crippen LogP contribution in [0.3, 0.4) is 0 Å². The van der Waals surface area contributed by atoms with Gasteiger partial charge in [-0.1, -0.05) is 36.4 Å². The fourth-order valence-electron chi connectivity index (χ4n) is 2.34. The number of hydrogen-bond donors (Lipinski definition) is 0. The summed E-state index contributed by atoms with van der Waals surface area (Å²) in [5.41, 5.74) is 2.33. The third-order valence-electron chi connectivity index (χ3n) is 3.58. The Labute approximate surface area is 138 Å². The van der Waals surface area contributed by atoms with Crippen LogP contribution in [0.25, 0.3) is 0 Å². The monoisotopic (exact) mass is 325 g/mol. The molecule has 0 radical (unpaired) electrons. The normalized spacial score (nSPS) is 13.1. The predicted molar refractivity (Wildman–Crippen MR) is 83.6 cm³/mol. The van der Waals surface area contributed by atoms with E-state index in [0.29, 0.717) is 11.1 Å². The lowest BCUT2D eigenvalue weighted by atomic mass is 10.1. The van der Waals surface area contributed by atoms with Gasteiger partial charge in [0.1, 0.15) is 13.2 Å². The summed E-state index contributed by atoms with van der Waals surface area (Å²) in [5, 5.41) is 0.789. The van der Waals surface area contributed by atoms with E-state index in [4.69, 9.17) is 9.57 Å². The van der Waals surface area contributed by atoms with E-state index in [9.17, 15) is 14.4 Å². The molecular formula is C18H15NO5. The topological polar surface area (TPSA) is 72.9 Å². The van der Waals surface area contributed by atoms with Crippen LogP contribution >= 0.6 is 0 Å². The average Bonchev–Trinajstić information content (AvgIpc) is 2.83. The van der Waals surface area contributed by atoms with E-state index >= 15 is 0 Å². The van der Waals surface area contributed by atoms with Gasteiger partial charge in [0.25, 0.3) is 11.8 Å². The third-order valence-corrected chi connectivity index (χ3v) is 3.58. The van der Waals surface area contributed by atoms with Gasteiger partial charge in [-0.25, -0.2) is 0 Å².